The summed E-state index contributed by atoms with van der Waals surface area (Å²) in [4.78, 5) is 14.6. The molecule has 0 bridgehead atoms. The fraction of sp³-hybridized carbons (Fsp3) is 0.350. The SMILES string of the molecule is CS(=O)(=O)N(CC(=O)NCCCN1CCc2ccccc21)c1cccc(Cl)c1. The number of carbonyl (C=O) groups excluding carboxylic acids is 1. The minimum atomic E-state index is -3.60. The average Bonchev–Trinajstić information content (AvgIpc) is 3.05. The van der Waals surface area contributed by atoms with Crippen LogP contribution < -0.4 is 14.5 Å². The molecule has 6 nitrogen and oxygen atoms in total. The Morgan fingerprint density at radius 2 is 2.00 bits per heavy atom. The molecule has 8 heteroatoms. The fourth-order valence-corrected chi connectivity index (χ4v) is 4.39. The van der Waals surface area contributed by atoms with Crippen LogP contribution in [0.3, 0.4) is 0 Å². The zero-order valence-corrected chi connectivity index (χ0v) is 17.3. The largest absolute Gasteiger partial charge is 0.371 e. The highest BCUT2D eigenvalue weighted by atomic mass is 35.5. The maximum atomic E-state index is 12.3. The van der Waals surface area contributed by atoms with Crippen molar-refractivity contribution in [3.63, 3.8) is 0 Å². The van der Waals surface area contributed by atoms with Crippen LogP contribution in [0.5, 0.6) is 0 Å². The van der Waals surface area contributed by atoms with Crippen molar-refractivity contribution in [3.05, 3.63) is 59.1 Å². The van der Waals surface area contributed by atoms with E-state index in [1.165, 1.54) is 17.3 Å². The molecule has 0 unspecified atom stereocenters. The quantitative estimate of drug-likeness (QED) is 0.665. The second kappa shape index (κ2) is 8.84. The summed E-state index contributed by atoms with van der Waals surface area (Å²) in [7, 11) is -3.60. The molecule has 0 saturated heterocycles. The van der Waals surface area contributed by atoms with E-state index in [1.807, 2.05) is 6.07 Å². The average molecular weight is 422 g/mol. The van der Waals surface area contributed by atoms with Gasteiger partial charge in [-0.25, -0.2) is 8.42 Å². The van der Waals surface area contributed by atoms with E-state index in [1.54, 1.807) is 18.2 Å². The lowest BCUT2D eigenvalue weighted by atomic mass is 10.2. The number of amides is 1. The molecule has 2 aromatic carbocycles. The molecule has 3 rings (SSSR count). The molecular weight excluding hydrogens is 398 g/mol. The van der Waals surface area contributed by atoms with Crippen LogP contribution in [-0.2, 0) is 21.2 Å². The monoisotopic (exact) mass is 421 g/mol. The Morgan fingerprint density at radius 3 is 2.75 bits per heavy atom. The summed E-state index contributed by atoms with van der Waals surface area (Å²) in [6.45, 7) is 2.06. The molecule has 0 spiro atoms. The van der Waals surface area contributed by atoms with E-state index in [4.69, 9.17) is 11.6 Å². The van der Waals surface area contributed by atoms with Crippen molar-refractivity contribution >= 4 is 38.9 Å². The normalized spacial score (nSPS) is 13.3. The van der Waals surface area contributed by atoms with Gasteiger partial charge in [0.1, 0.15) is 6.54 Å². The van der Waals surface area contributed by atoms with Crippen LogP contribution in [0.25, 0.3) is 0 Å². The summed E-state index contributed by atoms with van der Waals surface area (Å²) >= 11 is 5.95. The number of hydrogen-bond acceptors (Lipinski definition) is 4. The predicted octanol–water partition coefficient (Wildman–Crippen LogP) is 2.68. The summed E-state index contributed by atoms with van der Waals surface area (Å²) < 4.78 is 25.3. The van der Waals surface area contributed by atoms with Crippen molar-refractivity contribution in [2.24, 2.45) is 0 Å². The Hall–Kier alpha value is -2.25. The third kappa shape index (κ3) is 5.17. The predicted molar refractivity (Wildman–Crippen MR) is 114 cm³/mol. The van der Waals surface area contributed by atoms with Gasteiger partial charge in [0.15, 0.2) is 0 Å². The van der Waals surface area contributed by atoms with Crippen LogP contribution in [-0.4, -0.2) is 46.8 Å². The summed E-state index contributed by atoms with van der Waals surface area (Å²) in [6.07, 6.45) is 2.91. The van der Waals surface area contributed by atoms with Gasteiger partial charge in [0.2, 0.25) is 15.9 Å². The summed E-state index contributed by atoms with van der Waals surface area (Å²) in [5.74, 6) is -0.341. The molecule has 1 heterocycles. The van der Waals surface area contributed by atoms with E-state index in [0.717, 1.165) is 36.5 Å². The topological polar surface area (TPSA) is 69.7 Å². The molecule has 28 heavy (non-hydrogen) atoms. The molecular formula is C20H24ClN3O3S. The molecule has 0 aromatic heterocycles. The molecule has 0 atom stereocenters. The molecule has 0 radical (unpaired) electrons. The summed E-state index contributed by atoms with van der Waals surface area (Å²) in [6, 6.07) is 14.8. The third-order valence-electron chi connectivity index (χ3n) is 4.69. The summed E-state index contributed by atoms with van der Waals surface area (Å²) in [5, 5.41) is 3.23. The van der Waals surface area contributed by atoms with Gasteiger partial charge in [0.25, 0.3) is 0 Å². The third-order valence-corrected chi connectivity index (χ3v) is 6.07. The smallest absolute Gasteiger partial charge is 0.240 e. The van der Waals surface area contributed by atoms with Crippen LogP contribution in [0.15, 0.2) is 48.5 Å². The van der Waals surface area contributed by atoms with Gasteiger partial charge >= 0.3 is 0 Å². The van der Waals surface area contributed by atoms with E-state index in [-0.39, 0.29) is 12.5 Å². The molecule has 2 aromatic rings. The number of hydrogen-bond donors (Lipinski definition) is 1. The van der Waals surface area contributed by atoms with E-state index in [9.17, 15) is 13.2 Å². The highest BCUT2D eigenvalue weighted by Crippen LogP contribution is 2.27. The van der Waals surface area contributed by atoms with Crippen molar-refractivity contribution in [1.29, 1.82) is 0 Å². The highest BCUT2D eigenvalue weighted by molar-refractivity contribution is 7.92. The van der Waals surface area contributed by atoms with Crippen LogP contribution in [0.4, 0.5) is 11.4 Å². The molecule has 1 N–H and O–H groups in total. The molecule has 0 fully saturated rings. The van der Waals surface area contributed by atoms with Crippen molar-refractivity contribution in [1.82, 2.24) is 5.32 Å². The lowest BCUT2D eigenvalue weighted by Gasteiger charge is -2.22. The van der Waals surface area contributed by atoms with Gasteiger partial charge < -0.3 is 10.2 Å². The lowest BCUT2D eigenvalue weighted by Crippen LogP contribution is -2.41. The van der Waals surface area contributed by atoms with E-state index in [2.05, 4.69) is 28.4 Å². The van der Waals surface area contributed by atoms with Crippen molar-refractivity contribution < 1.29 is 13.2 Å². The number of fused-ring (bicyclic) bond motifs is 1. The van der Waals surface area contributed by atoms with Crippen LogP contribution in [0.1, 0.15) is 12.0 Å². The highest BCUT2D eigenvalue weighted by Gasteiger charge is 2.21. The summed E-state index contributed by atoms with van der Waals surface area (Å²) in [5.41, 5.74) is 2.99. The molecule has 1 amide bonds. The minimum absolute atomic E-state index is 0.272. The Balaban J connectivity index is 1.50. The fourth-order valence-electron chi connectivity index (χ4n) is 3.35. The van der Waals surface area contributed by atoms with Gasteiger partial charge in [-0.3, -0.25) is 9.10 Å². The first-order chi connectivity index (χ1) is 13.3. The maximum absolute atomic E-state index is 12.3. The second-order valence-electron chi connectivity index (χ2n) is 6.82. The first-order valence-electron chi connectivity index (χ1n) is 9.17. The number of para-hydroxylation sites is 1. The van der Waals surface area contributed by atoms with E-state index >= 15 is 0 Å². The number of halogens is 1. The van der Waals surface area contributed by atoms with Crippen molar-refractivity contribution in [2.75, 3.05) is 41.6 Å². The maximum Gasteiger partial charge on any atom is 0.240 e. The first-order valence-corrected chi connectivity index (χ1v) is 11.4. The minimum Gasteiger partial charge on any atom is -0.371 e. The van der Waals surface area contributed by atoms with Gasteiger partial charge in [-0.05, 0) is 42.7 Å². The van der Waals surface area contributed by atoms with Crippen LogP contribution in [0.2, 0.25) is 5.02 Å². The van der Waals surface area contributed by atoms with E-state index in [0.29, 0.717) is 17.3 Å². The van der Waals surface area contributed by atoms with Gasteiger partial charge in [0, 0.05) is 30.3 Å². The zero-order chi connectivity index (χ0) is 20.1. The number of rotatable bonds is 8. The van der Waals surface area contributed by atoms with E-state index < -0.39 is 10.0 Å². The molecule has 1 aliphatic rings. The van der Waals surface area contributed by atoms with Gasteiger partial charge in [-0.1, -0.05) is 35.9 Å². The van der Waals surface area contributed by atoms with Crippen LogP contribution >= 0.6 is 11.6 Å². The van der Waals surface area contributed by atoms with Crippen LogP contribution in [0, 0.1) is 0 Å². The van der Waals surface area contributed by atoms with Gasteiger partial charge in [-0.15, -0.1) is 0 Å². The number of carbonyl (C=O) groups is 1. The molecule has 0 aliphatic carbocycles. The standard InChI is InChI=1S/C20H24ClN3O3S/c1-28(26,27)24(18-8-4-7-17(21)14-18)15-20(25)22-11-5-12-23-13-10-16-6-2-3-9-19(16)23/h2-4,6-9,14H,5,10-13,15H2,1H3,(H,22,25). The Kier molecular flexibility index (Phi) is 6.46. The lowest BCUT2D eigenvalue weighted by molar-refractivity contribution is -0.119. The zero-order valence-electron chi connectivity index (χ0n) is 15.8. The number of anilines is 2. The number of sulfonamides is 1. The van der Waals surface area contributed by atoms with Crippen molar-refractivity contribution in [2.45, 2.75) is 12.8 Å². The van der Waals surface area contributed by atoms with Gasteiger partial charge in [-0.2, -0.15) is 0 Å². The Labute approximate surface area is 171 Å². The Bertz CT molecular complexity index is 949. The molecule has 1 aliphatic heterocycles. The Morgan fingerprint density at radius 1 is 1.21 bits per heavy atom. The van der Waals surface area contributed by atoms with Crippen molar-refractivity contribution in [3.8, 4) is 0 Å². The number of benzene rings is 2. The molecule has 0 saturated carbocycles. The number of nitrogens with zero attached hydrogens (tertiary/aromatic N) is 2. The van der Waals surface area contributed by atoms with Gasteiger partial charge in [0.05, 0.1) is 11.9 Å². The molecule has 150 valence electrons. The first kappa shape index (κ1) is 20.5. The second-order valence-corrected chi connectivity index (χ2v) is 9.16. The number of nitrogens with one attached hydrogen (secondary N) is 1.